The van der Waals surface area contributed by atoms with Crippen LogP contribution in [-0.2, 0) is 28.5 Å². The minimum absolute atomic E-state index is 0.00335. The van der Waals surface area contributed by atoms with Crippen molar-refractivity contribution < 1.29 is 28.5 Å². The summed E-state index contributed by atoms with van der Waals surface area (Å²) in [6.45, 7) is 3.00. The molecule has 1 N–H and O–H groups in total. The summed E-state index contributed by atoms with van der Waals surface area (Å²) in [4.78, 5) is 37.1. The summed E-state index contributed by atoms with van der Waals surface area (Å²) < 4.78 is 27.1. The fraction of sp³-hybridized carbons (Fsp3) is 0.588. The minimum Gasteiger partial charge on any atom is -0.461 e. The number of hydrogen-bond donors (Lipinski definition) is 1. The molecule has 0 aromatic carbocycles. The molecule has 0 spiro atoms. The number of carbonyl (C=O) groups excluding carboxylic acids is 1. The van der Waals surface area contributed by atoms with Crippen LogP contribution >= 0.6 is 0 Å². The molecule has 1 aromatic rings. The average molecular weight is 384 g/mol. The summed E-state index contributed by atoms with van der Waals surface area (Å²) >= 11 is 0. The largest absolute Gasteiger partial charge is 0.461 e. The quantitative estimate of drug-likeness (QED) is 0.309. The number of aryl methyl sites for hydroxylation is 1. The molecule has 2 rings (SSSR count). The summed E-state index contributed by atoms with van der Waals surface area (Å²) in [7, 11) is 1.58. The summed E-state index contributed by atoms with van der Waals surface area (Å²) in [5.74, 6) is -0.524. The zero-order valence-corrected chi connectivity index (χ0v) is 15.3. The second-order valence-electron chi connectivity index (χ2n) is 5.77. The number of H-pyrrole nitrogens is 1. The molecular weight excluding hydrogens is 360 g/mol. The number of ether oxygens (including phenoxy) is 5. The second kappa shape index (κ2) is 10.8. The number of rotatable bonds is 11. The van der Waals surface area contributed by atoms with Gasteiger partial charge in [0.05, 0.1) is 26.4 Å². The van der Waals surface area contributed by atoms with Crippen LogP contribution in [-0.4, -0.2) is 68.4 Å². The lowest BCUT2D eigenvalue weighted by Gasteiger charge is -2.16. The molecule has 0 radical (unpaired) electrons. The number of hydrogen-bond acceptors (Lipinski definition) is 8. The van der Waals surface area contributed by atoms with E-state index in [0.717, 1.165) is 0 Å². The third-order valence-electron chi connectivity index (χ3n) is 3.66. The SMILES string of the molecule is COCCOCCOCC(=O)OCC1C=CC(n2cc(C)c(=O)[nH]c2=O)O1. The van der Waals surface area contributed by atoms with E-state index in [2.05, 4.69) is 4.98 Å². The van der Waals surface area contributed by atoms with Crippen LogP contribution in [0, 0.1) is 6.92 Å². The predicted molar refractivity (Wildman–Crippen MR) is 93.6 cm³/mol. The number of carbonyl (C=O) groups is 1. The molecule has 1 aliphatic rings. The number of nitrogens with zero attached hydrogens (tertiary/aromatic N) is 1. The van der Waals surface area contributed by atoms with E-state index in [1.54, 1.807) is 26.2 Å². The monoisotopic (exact) mass is 384 g/mol. The van der Waals surface area contributed by atoms with Gasteiger partial charge in [-0.05, 0) is 13.0 Å². The summed E-state index contributed by atoms with van der Waals surface area (Å²) in [6, 6.07) is 0. The van der Waals surface area contributed by atoms with Gasteiger partial charge in [0.25, 0.3) is 5.56 Å². The summed E-state index contributed by atoms with van der Waals surface area (Å²) in [5.41, 5.74) is -0.614. The van der Waals surface area contributed by atoms with Crippen molar-refractivity contribution in [1.29, 1.82) is 0 Å². The van der Waals surface area contributed by atoms with Crippen LogP contribution in [0.25, 0.3) is 0 Å². The maximum atomic E-state index is 11.9. The zero-order chi connectivity index (χ0) is 19.6. The number of methoxy groups -OCH3 is 1. The minimum atomic E-state index is -0.669. The standard InChI is InChI=1S/C17H24N2O8/c1-12-9-19(17(22)18-16(12)21)14-4-3-13(27-14)10-26-15(20)11-25-8-7-24-6-5-23-2/h3-4,9,13-14H,5-8,10-11H2,1-2H3,(H,18,21,22). The third-order valence-corrected chi connectivity index (χ3v) is 3.66. The van der Waals surface area contributed by atoms with Crippen molar-refractivity contribution in [2.24, 2.45) is 0 Å². The first-order valence-electron chi connectivity index (χ1n) is 8.47. The second-order valence-corrected chi connectivity index (χ2v) is 5.77. The van der Waals surface area contributed by atoms with Crippen LogP contribution in [0.5, 0.6) is 0 Å². The van der Waals surface area contributed by atoms with Crippen LogP contribution < -0.4 is 11.2 Å². The molecule has 0 aliphatic carbocycles. The molecule has 2 heterocycles. The van der Waals surface area contributed by atoms with Crippen LogP contribution in [0.4, 0.5) is 0 Å². The number of esters is 1. The normalized spacial score (nSPS) is 18.7. The lowest BCUT2D eigenvalue weighted by atomic mass is 10.3. The molecule has 2 unspecified atom stereocenters. The highest BCUT2D eigenvalue weighted by molar-refractivity contribution is 5.70. The lowest BCUT2D eigenvalue weighted by Crippen LogP contribution is -2.33. The van der Waals surface area contributed by atoms with Crippen molar-refractivity contribution in [3.8, 4) is 0 Å². The molecule has 0 saturated heterocycles. The van der Waals surface area contributed by atoms with Crippen molar-refractivity contribution in [1.82, 2.24) is 9.55 Å². The van der Waals surface area contributed by atoms with Crippen LogP contribution in [0.3, 0.4) is 0 Å². The smallest absolute Gasteiger partial charge is 0.332 e. The van der Waals surface area contributed by atoms with E-state index >= 15 is 0 Å². The first-order chi connectivity index (χ1) is 13.0. The van der Waals surface area contributed by atoms with Crippen molar-refractivity contribution in [2.75, 3.05) is 46.8 Å². The Morgan fingerprint density at radius 3 is 2.70 bits per heavy atom. The highest BCUT2D eigenvalue weighted by atomic mass is 16.6. The summed E-state index contributed by atoms with van der Waals surface area (Å²) in [5, 5.41) is 0. The van der Waals surface area contributed by atoms with Gasteiger partial charge in [-0.1, -0.05) is 6.08 Å². The molecule has 27 heavy (non-hydrogen) atoms. The maximum absolute atomic E-state index is 11.9. The molecule has 1 aromatic heterocycles. The predicted octanol–water partition coefficient (Wildman–Crippen LogP) is -0.479. The van der Waals surface area contributed by atoms with Gasteiger partial charge in [-0.2, -0.15) is 0 Å². The zero-order valence-electron chi connectivity index (χ0n) is 15.3. The van der Waals surface area contributed by atoms with Crippen molar-refractivity contribution >= 4 is 5.97 Å². The molecule has 2 atom stereocenters. The molecule has 0 fully saturated rings. The number of aromatic amines is 1. The van der Waals surface area contributed by atoms with Crippen LogP contribution in [0.1, 0.15) is 11.8 Å². The number of nitrogens with one attached hydrogen (secondary N) is 1. The molecule has 0 amide bonds. The maximum Gasteiger partial charge on any atom is 0.332 e. The van der Waals surface area contributed by atoms with Crippen LogP contribution in [0.15, 0.2) is 27.9 Å². The van der Waals surface area contributed by atoms with E-state index < -0.39 is 29.6 Å². The average Bonchev–Trinajstić information content (AvgIpc) is 3.11. The van der Waals surface area contributed by atoms with Crippen molar-refractivity contribution in [3.63, 3.8) is 0 Å². The Hall–Kier alpha value is -2.27. The van der Waals surface area contributed by atoms with Gasteiger partial charge in [-0.3, -0.25) is 14.3 Å². The highest BCUT2D eigenvalue weighted by Crippen LogP contribution is 2.19. The Morgan fingerprint density at radius 2 is 1.93 bits per heavy atom. The van der Waals surface area contributed by atoms with Crippen molar-refractivity contribution in [3.05, 3.63) is 44.8 Å². The van der Waals surface area contributed by atoms with Crippen molar-refractivity contribution in [2.45, 2.75) is 19.3 Å². The topological polar surface area (TPSA) is 118 Å². The Balaban J connectivity index is 1.66. The lowest BCUT2D eigenvalue weighted by molar-refractivity contribution is -0.153. The van der Waals surface area contributed by atoms with Gasteiger partial charge in [0.15, 0.2) is 6.23 Å². The first-order valence-corrected chi connectivity index (χ1v) is 8.47. The van der Waals surface area contributed by atoms with E-state index in [1.807, 2.05) is 0 Å². The Kier molecular flexibility index (Phi) is 8.40. The molecule has 10 heteroatoms. The molecule has 0 saturated carbocycles. The van der Waals surface area contributed by atoms with E-state index in [1.165, 1.54) is 10.8 Å². The third kappa shape index (κ3) is 6.75. The Labute approximate surface area is 155 Å². The molecular formula is C17H24N2O8. The fourth-order valence-corrected chi connectivity index (χ4v) is 2.25. The van der Waals surface area contributed by atoms with Crippen LogP contribution in [0.2, 0.25) is 0 Å². The molecule has 1 aliphatic heterocycles. The molecule has 0 bridgehead atoms. The number of aromatic nitrogens is 2. The van der Waals surface area contributed by atoms with Gasteiger partial charge in [0.1, 0.15) is 19.3 Å². The highest BCUT2D eigenvalue weighted by Gasteiger charge is 2.23. The Morgan fingerprint density at radius 1 is 1.19 bits per heavy atom. The van der Waals surface area contributed by atoms with E-state index in [4.69, 9.17) is 23.7 Å². The van der Waals surface area contributed by atoms with Gasteiger partial charge in [-0.15, -0.1) is 0 Å². The molecule has 150 valence electrons. The van der Waals surface area contributed by atoms with E-state index in [0.29, 0.717) is 25.4 Å². The Bertz CT molecular complexity index is 754. The van der Waals surface area contributed by atoms with E-state index in [9.17, 15) is 14.4 Å². The van der Waals surface area contributed by atoms with E-state index in [-0.39, 0.29) is 19.8 Å². The first kappa shape index (κ1) is 21.0. The van der Waals surface area contributed by atoms with Gasteiger partial charge in [0, 0.05) is 18.9 Å². The fourth-order valence-electron chi connectivity index (χ4n) is 2.25. The van der Waals surface area contributed by atoms with Gasteiger partial charge in [-0.25, -0.2) is 9.59 Å². The van der Waals surface area contributed by atoms with Gasteiger partial charge in [0.2, 0.25) is 0 Å². The van der Waals surface area contributed by atoms with Gasteiger partial charge >= 0.3 is 11.7 Å². The van der Waals surface area contributed by atoms with Gasteiger partial charge < -0.3 is 23.7 Å². The molecule has 10 nitrogen and oxygen atoms in total. The summed E-state index contributed by atoms with van der Waals surface area (Å²) in [6.07, 6.45) is 3.61.